The Kier molecular flexibility index (Phi) is 9.50. The van der Waals surface area contributed by atoms with Crippen molar-refractivity contribution in [3.05, 3.63) is 89.0 Å². The van der Waals surface area contributed by atoms with Gasteiger partial charge in [0.1, 0.15) is 6.33 Å². The lowest BCUT2D eigenvalue weighted by molar-refractivity contribution is -0.129. The Morgan fingerprint density at radius 1 is 0.800 bits per heavy atom. The van der Waals surface area contributed by atoms with Crippen molar-refractivity contribution in [3.8, 4) is 0 Å². The molecule has 8 heteroatoms. The van der Waals surface area contributed by atoms with Gasteiger partial charge in [-0.05, 0) is 82.6 Å². The van der Waals surface area contributed by atoms with Crippen LogP contribution in [0.15, 0.2) is 60.9 Å². The molecule has 3 saturated heterocycles. The third-order valence-corrected chi connectivity index (χ3v) is 10.5. The fraction of sp³-hybridized carbons (Fsp3) is 0.514. The summed E-state index contributed by atoms with van der Waals surface area (Å²) in [5.41, 5.74) is 5.89. The molecule has 3 aromatic rings. The summed E-state index contributed by atoms with van der Waals surface area (Å²) in [5, 5.41) is 0. The van der Waals surface area contributed by atoms with Gasteiger partial charge in [0.15, 0.2) is 0 Å². The smallest absolute Gasteiger partial charge is 0.257 e. The Labute approximate surface area is 268 Å². The standard InChI is InChI=1S/C37H48N6O2/c1-28-35(29(2)39-27-38-28)36(45)41-23-17-37(3,18-24-41)42-21-15-33(16-22-42)43(26-31-9-5-4-6-10-31)32-13-11-30(12-14-32)25-34(44)40-19-7-8-20-40/h4-6,9-14,27,33H,7-8,15-26H2,1-3H3. The van der Waals surface area contributed by atoms with E-state index in [2.05, 4.69) is 81.3 Å². The highest BCUT2D eigenvalue weighted by molar-refractivity contribution is 5.96. The second-order valence-electron chi connectivity index (χ2n) is 13.5. The average Bonchev–Trinajstić information content (AvgIpc) is 3.61. The first-order chi connectivity index (χ1) is 21.8. The van der Waals surface area contributed by atoms with Crippen LogP contribution in [0.2, 0.25) is 0 Å². The molecular formula is C37H48N6O2. The van der Waals surface area contributed by atoms with Crippen molar-refractivity contribution in [1.82, 2.24) is 24.7 Å². The Bertz CT molecular complexity index is 1430. The lowest BCUT2D eigenvalue weighted by atomic mass is 9.85. The number of nitrogens with zero attached hydrogens (tertiary/aromatic N) is 6. The van der Waals surface area contributed by atoms with Crippen molar-refractivity contribution in [2.45, 2.75) is 83.8 Å². The van der Waals surface area contributed by atoms with Crippen molar-refractivity contribution in [2.75, 3.05) is 44.2 Å². The molecule has 0 unspecified atom stereocenters. The van der Waals surface area contributed by atoms with E-state index < -0.39 is 0 Å². The molecule has 0 saturated carbocycles. The van der Waals surface area contributed by atoms with Gasteiger partial charge >= 0.3 is 0 Å². The predicted molar refractivity (Wildman–Crippen MR) is 178 cm³/mol. The Hall–Kier alpha value is -3.78. The van der Waals surface area contributed by atoms with Crippen molar-refractivity contribution < 1.29 is 9.59 Å². The number of aryl methyl sites for hydroxylation is 2. The third kappa shape index (κ3) is 7.06. The second kappa shape index (κ2) is 13.7. The third-order valence-electron chi connectivity index (χ3n) is 10.5. The van der Waals surface area contributed by atoms with Gasteiger partial charge in [0.2, 0.25) is 5.91 Å². The molecule has 2 amide bonds. The van der Waals surface area contributed by atoms with Gasteiger partial charge in [-0.1, -0.05) is 42.5 Å². The molecule has 8 nitrogen and oxygen atoms in total. The summed E-state index contributed by atoms with van der Waals surface area (Å²) >= 11 is 0. The number of amides is 2. The molecule has 2 aromatic carbocycles. The van der Waals surface area contributed by atoms with E-state index in [0.717, 1.165) is 101 Å². The lowest BCUT2D eigenvalue weighted by Gasteiger charge is -2.50. The minimum Gasteiger partial charge on any atom is -0.364 e. The first-order valence-corrected chi connectivity index (χ1v) is 16.8. The van der Waals surface area contributed by atoms with Crippen LogP contribution in [0.3, 0.4) is 0 Å². The van der Waals surface area contributed by atoms with Gasteiger partial charge in [-0.15, -0.1) is 0 Å². The molecule has 3 aliphatic heterocycles. The van der Waals surface area contributed by atoms with Crippen molar-refractivity contribution in [1.29, 1.82) is 0 Å². The molecule has 0 atom stereocenters. The fourth-order valence-corrected chi connectivity index (χ4v) is 7.56. The molecule has 0 radical (unpaired) electrons. The summed E-state index contributed by atoms with van der Waals surface area (Å²) in [4.78, 5) is 43.9. The molecule has 0 aliphatic carbocycles. The van der Waals surface area contributed by atoms with E-state index in [0.29, 0.717) is 18.0 Å². The van der Waals surface area contributed by atoms with E-state index in [1.807, 2.05) is 23.6 Å². The summed E-state index contributed by atoms with van der Waals surface area (Å²) in [6, 6.07) is 19.9. The number of benzene rings is 2. The zero-order valence-corrected chi connectivity index (χ0v) is 27.3. The van der Waals surface area contributed by atoms with Gasteiger partial charge in [0.25, 0.3) is 5.91 Å². The number of hydrogen-bond acceptors (Lipinski definition) is 6. The Morgan fingerprint density at radius 3 is 2.04 bits per heavy atom. The normalized spacial score (nSPS) is 19.1. The molecule has 45 heavy (non-hydrogen) atoms. The number of hydrogen-bond donors (Lipinski definition) is 0. The first-order valence-electron chi connectivity index (χ1n) is 16.8. The molecular weight excluding hydrogens is 560 g/mol. The summed E-state index contributed by atoms with van der Waals surface area (Å²) < 4.78 is 0. The van der Waals surface area contributed by atoms with Crippen LogP contribution in [0.1, 0.15) is 78.3 Å². The van der Waals surface area contributed by atoms with Gasteiger partial charge in [0, 0.05) is 63.1 Å². The van der Waals surface area contributed by atoms with E-state index in [1.165, 1.54) is 17.6 Å². The van der Waals surface area contributed by atoms with E-state index >= 15 is 0 Å². The van der Waals surface area contributed by atoms with E-state index in [1.54, 1.807) is 0 Å². The number of likely N-dealkylation sites (tertiary alicyclic amines) is 3. The predicted octanol–water partition coefficient (Wildman–Crippen LogP) is 5.42. The largest absolute Gasteiger partial charge is 0.364 e. The van der Waals surface area contributed by atoms with E-state index in [9.17, 15) is 9.59 Å². The molecule has 0 bridgehead atoms. The fourth-order valence-electron chi connectivity index (χ4n) is 7.56. The highest BCUT2D eigenvalue weighted by Gasteiger charge is 2.39. The van der Waals surface area contributed by atoms with Crippen LogP contribution in [-0.4, -0.2) is 87.3 Å². The maximum atomic E-state index is 13.4. The van der Waals surface area contributed by atoms with Crippen LogP contribution in [0, 0.1) is 13.8 Å². The van der Waals surface area contributed by atoms with Crippen LogP contribution in [0.5, 0.6) is 0 Å². The molecule has 0 spiro atoms. The lowest BCUT2D eigenvalue weighted by Crippen LogP contribution is -2.58. The minimum absolute atomic E-state index is 0.0642. The number of piperidine rings is 2. The Morgan fingerprint density at radius 2 is 1.42 bits per heavy atom. The number of carbonyl (C=O) groups is 2. The topological polar surface area (TPSA) is 72.9 Å². The van der Waals surface area contributed by atoms with Crippen LogP contribution in [0.4, 0.5) is 5.69 Å². The number of aromatic nitrogens is 2. The number of anilines is 1. The van der Waals surface area contributed by atoms with Crippen molar-refractivity contribution >= 4 is 17.5 Å². The van der Waals surface area contributed by atoms with Crippen molar-refractivity contribution in [3.63, 3.8) is 0 Å². The molecule has 238 valence electrons. The second-order valence-corrected chi connectivity index (χ2v) is 13.5. The highest BCUT2D eigenvalue weighted by Crippen LogP contribution is 2.34. The Balaban J connectivity index is 1.09. The number of rotatable bonds is 8. The zero-order valence-electron chi connectivity index (χ0n) is 27.3. The van der Waals surface area contributed by atoms with Gasteiger partial charge < -0.3 is 14.7 Å². The first kappa shape index (κ1) is 31.2. The molecule has 4 heterocycles. The quantitative estimate of drug-likeness (QED) is 0.340. The van der Waals surface area contributed by atoms with Gasteiger partial charge in [-0.25, -0.2) is 9.97 Å². The van der Waals surface area contributed by atoms with E-state index in [-0.39, 0.29) is 17.4 Å². The number of carbonyl (C=O) groups excluding carboxylic acids is 2. The minimum atomic E-state index is 0.0642. The summed E-state index contributed by atoms with van der Waals surface area (Å²) in [7, 11) is 0. The summed E-state index contributed by atoms with van der Waals surface area (Å²) in [5.74, 6) is 0.311. The molecule has 3 fully saturated rings. The van der Waals surface area contributed by atoms with Crippen LogP contribution < -0.4 is 4.90 Å². The SMILES string of the molecule is Cc1ncnc(C)c1C(=O)N1CCC(C)(N2CCC(N(Cc3ccccc3)c3ccc(CC(=O)N4CCCC4)cc3)CC2)CC1. The van der Waals surface area contributed by atoms with Gasteiger partial charge in [-0.2, -0.15) is 0 Å². The molecule has 3 aliphatic rings. The van der Waals surface area contributed by atoms with Crippen LogP contribution in [0.25, 0.3) is 0 Å². The molecule has 6 rings (SSSR count). The van der Waals surface area contributed by atoms with Gasteiger partial charge in [-0.3, -0.25) is 14.5 Å². The summed E-state index contributed by atoms with van der Waals surface area (Å²) in [6.07, 6.45) is 8.41. The van der Waals surface area contributed by atoms with Crippen molar-refractivity contribution in [2.24, 2.45) is 0 Å². The van der Waals surface area contributed by atoms with Gasteiger partial charge in [0.05, 0.1) is 23.4 Å². The maximum absolute atomic E-state index is 13.4. The monoisotopic (exact) mass is 608 g/mol. The zero-order chi connectivity index (χ0) is 31.4. The maximum Gasteiger partial charge on any atom is 0.257 e. The van der Waals surface area contributed by atoms with Crippen LogP contribution in [-0.2, 0) is 17.8 Å². The van der Waals surface area contributed by atoms with Crippen LogP contribution >= 0.6 is 0 Å². The molecule has 1 aromatic heterocycles. The average molecular weight is 609 g/mol. The van der Waals surface area contributed by atoms with E-state index in [4.69, 9.17) is 0 Å². The highest BCUT2D eigenvalue weighted by atomic mass is 16.2. The molecule has 0 N–H and O–H groups in total. The summed E-state index contributed by atoms with van der Waals surface area (Å²) in [6.45, 7) is 12.5.